The molecule has 4 atom stereocenters. The van der Waals surface area contributed by atoms with Crippen LogP contribution in [0.1, 0.15) is 41.5 Å². The van der Waals surface area contributed by atoms with E-state index in [4.69, 9.17) is 9.39 Å². The van der Waals surface area contributed by atoms with Crippen molar-refractivity contribution in [1.82, 2.24) is 0 Å². The number of anilines is 3. The minimum absolute atomic E-state index is 0.215. The van der Waals surface area contributed by atoms with E-state index in [1.165, 1.54) is 4.90 Å². The van der Waals surface area contributed by atoms with Crippen LogP contribution < -0.4 is 10.2 Å². The van der Waals surface area contributed by atoms with E-state index < -0.39 is 25.1 Å². The van der Waals surface area contributed by atoms with Crippen molar-refractivity contribution in [3.8, 4) is 5.75 Å². The van der Waals surface area contributed by atoms with Crippen molar-refractivity contribution in [2.45, 2.75) is 45.5 Å². The van der Waals surface area contributed by atoms with Gasteiger partial charge in [0.1, 0.15) is 5.75 Å². The molecule has 0 radical (unpaired) electrons. The van der Waals surface area contributed by atoms with Crippen LogP contribution in [0.2, 0.25) is 6.32 Å². The second-order valence-electron chi connectivity index (χ2n) is 13.9. The second kappa shape index (κ2) is 14.7. The molecule has 2 heterocycles. The summed E-state index contributed by atoms with van der Waals surface area (Å²) in [6.45, 7) is 4.11. The standard InChI is InChI=1S/C42H43BN2O6/c1-26-20-28(21-27(2)40(26)46)22-30(29-10-6-4-7-11-29)14-19-37-38-31(25-50-3)23-35-39(36(38)24-43(49)51-37)42(48)45(41(35)47)34-17-15-33(16-18-34)44-32-12-8-5-9-13-32/h4-13,15-18,20-22,35-37,39,44,46,49H,14,19,23-25H2,1-3H3/b30-22-/t35-,36+,37-,39-/m1/s1. The van der Waals surface area contributed by atoms with Crippen molar-refractivity contribution in [3.63, 3.8) is 0 Å². The van der Waals surface area contributed by atoms with Crippen LogP contribution in [-0.2, 0) is 19.0 Å². The number of benzene rings is 4. The zero-order valence-electron chi connectivity index (χ0n) is 29.2. The Morgan fingerprint density at radius 1 is 0.922 bits per heavy atom. The number of carbonyl (C=O) groups is 2. The number of hydrogen-bond acceptors (Lipinski definition) is 7. The smallest absolute Gasteiger partial charge is 0.455 e. The highest BCUT2D eigenvalue weighted by molar-refractivity contribution is 6.43. The van der Waals surface area contributed by atoms with Gasteiger partial charge < -0.3 is 24.8 Å². The number of ether oxygens (including phenoxy) is 1. The lowest BCUT2D eigenvalue weighted by Gasteiger charge is -2.43. The number of para-hydroxylation sites is 1. The third-order valence-corrected chi connectivity index (χ3v) is 10.5. The third-order valence-electron chi connectivity index (χ3n) is 10.5. The van der Waals surface area contributed by atoms with Gasteiger partial charge in [0.05, 0.1) is 30.2 Å². The normalized spacial score (nSPS) is 21.9. The molecule has 1 aliphatic carbocycles. The zero-order valence-corrected chi connectivity index (χ0v) is 29.2. The number of imide groups is 1. The molecule has 9 heteroatoms. The summed E-state index contributed by atoms with van der Waals surface area (Å²) >= 11 is 0. The Hall–Kier alpha value is -4.96. The predicted octanol–water partition coefficient (Wildman–Crippen LogP) is 7.72. The van der Waals surface area contributed by atoms with Crippen molar-refractivity contribution >= 4 is 47.6 Å². The van der Waals surface area contributed by atoms with Crippen LogP contribution in [0, 0.1) is 31.6 Å². The van der Waals surface area contributed by atoms with Crippen molar-refractivity contribution in [1.29, 1.82) is 0 Å². The van der Waals surface area contributed by atoms with Gasteiger partial charge in [-0.1, -0.05) is 54.6 Å². The molecule has 3 aliphatic rings. The first-order chi connectivity index (χ1) is 24.7. The molecule has 51 heavy (non-hydrogen) atoms. The summed E-state index contributed by atoms with van der Waals surface area (Å²) in [5.41, 5.74) is 9.06. The fourth-order valence-corrected chi connectivity index (χ4v) is 8.22. The van der Waals surface area contributed by atoms with Gasteiger partial charge in [-0.3, -0.25) is 14.5 Å². The molecule has 4 aromatic carbocycles. The maximum absolute atomic E-state index is 14.3. The van der Waals surface area contributed by atoms with Crippen LogP contribution in [0.5, 0.6) is 5.75 Å². The Bertz CT molecular complexity index is 1950. The van der Waals surface area contributed by atoms with Crippen LogP contribution in [0.15, 0.2) is 108 Å². The minimum atomic E-state index is -1.07. The molecule has 0 unspecified atom stereocenters. The highest BCUT2D eigenvalue weighted by Gasteiger charge is 2.57. The first-order valence-corrected chi connectivity index (χ1v) is 17.6. The van der Waals surface area contributed by atoms with Gasteiger partial charge in [-0.25, -0.2) is 0 Å². The lowest BCUT2D eigenvalue weighted by Crippen LogP contribution is -2.46. The van der Waals surface area contributed by atoms with Crippen LogP contribution in [0.25, 0.3) is 11.6 Å². The molecule has 3 N–H and O–H groups in total. The molecule has 2 fully saturated rings. The number of fused-ring (bicyclic) bond motifs is 3. The molecular weight excluding hydrogens is 639 g/mol. The molecule has 0 saturated carbocycles. The third kappa shape index (κ3) is 7.02. The number of nitrogens with zero attached hydrogens (tertiary/aromatic N) is 1. The van der Waals surface area contributed by atoms with E-state index in [2.05, 4.69) is 23.5 Å². The minimum Gasteiger partial charge on any atom is -0.507 e. The average Bonchev–Trinajstić information content (AvgIpc) is 3.38. The van der Waals surface area contributed by atoms with E-state index in [-0.39, 0.29) is 24.1 Å². The highest BCUT2D eigenvalue weighted by Crippen LogP contribution is 2.51. The number of carbonyl (C=O) groups excluding carboxylic acids is 2. The van der Waals surface area contributed by atoms with E-state index >= 15 is 0 Å². The topological polar surface area (TPSA) is 108 Å². The number of phenols is 1. The van der Waals surface area contributed by atoms with Gasteiger partial charge in [0.15, 0.2) is 0 Å². The fourth-order valence-electron chi connectivity index (χ4n) is 8.22. The quantitative estimate of drug-likeness (QED) is 0.0681. The fraction of sp³-hybridized carbons (Fsp3) is 0.286. The van der Waals surface area contributed by atoms with Gasteiger partial charge in [0.2, 0.25) is 11.8 Å². The van der Waals surface area contributed by atoms with Gasteiger partial charge >= 0.3 is 7.12 Å². The number of aryl methyl sites for hydroxylation is 2. The van der Waals surface area contributed by atoms with Crippen molar-refractivity contribution in [2.24, 2.45) is 17.8 Å². The summed E-state index contributed by atoms with van der Waals surface area (Å²) in [5, 5.41) is 24.8. The number of aromatic hydroxyl groups is 1. The first kappa shape index (κ1) is 34.5. The number of rotatable bonds is 10. The molecular formula is C42H43BN2O6. The van der Waals surface area contributed by atoms with Gasteiger partial charge in [0.25, 0.3) is 0 Å². The maximum atomic E-state index is 14.3. The summed E-state index contributed by atoms with van der Waals surface area (Å²) in [4.78, 5) is 29.7. The average molecular weight is 683 g/mol. The van der Waals surface area contributed by atoms with E-state index in [1.807, 2.05) is 86.6 Å². The largest absolute Gasteiger partial charge is 0.507 e. The van der Waals surface area contributed by atoms with Crippen molar-refractivity contribution in [3.05, 3.63) is 130 Å². The Morgan fingerprint density at radius 2 is 1.57 bits per heavy atom. The number of phenolic OH excluding ortho intramolecular Hbond substituents is 1. The lowest BCUT2D eigenvalue weighted by atomic mass is 9.58. The summed E-state index contributed by atoms with van der Waals surface area (Å²) in [7, 11) is 0.567. The predicted molar refractivity (Wildman–Crippen MR) is 201 cm³/mol. The van der Waals surface area contributed by atoms with Crippen LogP contribution in [0.4, 0.5) is 17.1 Å². The first-order valence-electron chi connectivity index (χ1n) is 17.6. The van der Waals surface area contributed by atoms with E-state index in [9.17, 15) is 19.7 Å². The highest BCUT2D eigenvalue weighted by atomic mass is 16.5. The molecule has 0 aromatic heterocycles. The molecule has 2 amide bonds. The molecule has 7 rings (SSSR count). The zero-order chi connectivity index (χ0) is 35.6. The molecule has 2 saturated heterocycles. The van der Waals surface area contributed by atoms with Gasteiger partial charge in [-0.05, 0) is 133 Å². The van der Waals surface area contributed by atoms with Crippen LogP contribution in [-0.4, -0.2) is 48.9 Å². The maximum Gasteiger partial charge on any atom is 0.455 e. The molecule has 2 aliphatic heterocycles. The number of nitrogens with one attached hydrogen (secondary N) is 1. The Balaban J connectivity index is 1.16. The van der Waals surface area contributed by atoms with E-state index in [0.29, 0.717) is 37.3 Å². The van der Waals surface area contributed by atoms with Gasteiger partial charge in [-0.15, -0.1) is 0 Å². The molecule has 0 bridgehead atoms. The van der Waals surface area contributed by atoms with Gasteiger partial charge in [-0.2, -0.15) is 0 Å². The van der Waals surface area contributed by atoms with Crippen LogP contribution in [0.3, 0.4) is 0 Å². The number of amides is 2. The molecule has 260 valence electrons. The summed E-state index contributed by atoms with van der Waals surface area (Å²) < 4.78 is 11.9. The molecule has 8 nitrogen and oxygen atoms in total. The summed E-state index contributed by atoms with van der Waals surface area (Å²) in [6.07, 6.45) is 3.52. The molecule has 4 aromatic rings. The SMILES string of the molecule is COCC1=C2[C@@H](CC/C(=C/c3cc(C)c(O)c(C)c3)c3ccccc3)OB(O)C[C@@H]2[C@@H]2C(=O)N(c3ccc(Nc4ccccc4)cc3)C(=O)[C@@H]2C1. The molecule has 0 spiro atoms. The Morgan fingerprint density at radius 3 is 2.24 bits per heavy atom. The monoisotopic (exact) mass is 682 g/mol. The second-order valence-corrected chi connectivity index (χ2v) is 13.9. The van der Waals surface area contributed by atoms with Crippen molar-refractivity contribution < 1.29 is 29.1 Å². The van der Waals surface area contributed by atoms with Crippen molar-refractivity contribution in [2.75, 3.05) is 23.9 Å². The lowest BCUT2D eigenvalue weighted by molar-refractivity contribution is -0.122. The summed E-state index contributed by atoms with van der Waals surface area (Å²) in [6, 6.07) is 31.3. The Kier molecular flexibility index (Phi) is 9.96. The number of allylic oxidation sites excluding steroid dienone is 1. The Labute approximate surface area is 299 Å². The number of hydrogen-bond donors (Lipinski definition) is 3. The van der Waals surface area contributed by atoms with E-state index in [1.54, 1.807) is 19.2 Å². The van der Waals surface area contributed by atoms with E-state index in [0.717, 1.165) is 50.3 Å². The summed E-state index contributed by atoms with van der Waals surface area (Å²) in [5.74, 6) is -1.63. The van der Waals surface area contributed by atoms with Gasteiger partial charge in [0, 0.05) is 18.5 Å². The van der Waals surface area contributed by atoms with Crippen LogP contribution >= 0.6 is 0 Å². The number of methoxy groups -OCH3 is 1.